The molecule has 146 valence electrons. The van der Waals surface area contributed by atoms with Gasteiger partial charge in [-0.15, -0.1) is 22.7 Å². The van der Waals surface area contributed by atoms with Crippen LogP contribution in [0.15, 0.2) is 76.9 Å². The molecule has 1 N–H and O–H groups in total. The second kappa shape index (κ2) is 8.55. The van der Waals surface area contributed by atoms with Gasteiger partial charge in [-0.1, -0.05) is 54.0 Å². The number of aromatic nitrogens is 1. The molecular weight excluding hydrogens is 448 g/mol. The van der Waals surface area contributed by atoms with E-state index >= 15 is 0 Å². The van der Waals surface area contributed by atoms with Gasteiger partial charge >= 0.3 is 0 Å². The zero-order valence-corrected chi connectivity index (χ0v) is 18.0. The molecule has 0 atom stereocenters. The fourth-order valence-electron chi connectivity index (χ4n) is 2.64. The third-order valence-corrected chi connectivity index (χ3v) is 6.55. The third-order valence-electron chi connectivity index (χ3n) is 4.06. The molecule has 3 nitrogen and oxygen atoms in total. The van der Waals surface area contributed by atoms with Gasteiger partial charge in [-0.2, -0.15) is 0 Å². The highest BCUT2D eigenvalue weighted by molar-refractivity contribution is 7.11. The summed E-state index contributed by atoms with van der Waals surface area (Å²) in [6, 6.07) is 15.7. The van der Waals surface area contributed by atoms with Crippen LogP contribution in [0.1, 0.15) is 4.88 Å². The van der Waals surface area contributed by atoms with Crippen LogP contribution in [0.3, 0.4) is 0 Å². The first kappa shape index (κ1) is 19.9. The Morgan fingerprint density at radius 3 is 2.59 bits per heavy atom. The molecule has 2 aromatic carbocycles. The van der Waals surface area contributed by atoms with Crippen molar-refractivity contribution in [1.82, 2.24) is 4.68 Å². The van der Waals surface area contributed by atoms with Crippen LogP contribution in [-0.2, 0) is 0 Å². The number of nitrogens with one attached hydrogen (secondary N) is 1. The molecule has 0 fully saturated rings. The molecule has 0 bridgehead atoms. The van der Waals surface area contributed by atoms with Crippen LogP contribution in [-0.4, -0.2) is 4.68 Å². The van der Waals surface area contributed by atoms with Crippen molar-refractivity contribution in [3.63, 3.8) is 0 Å². The minimum absolute atomic E-state index is 0.257. The molecule has 0 unspecified atom stereocenters. The van der Waals surface area contributed by atoms with Crippen molar-refractivity contribution >= 4 is 57.3 Å². The van der Waals surface area contributed by atoms with Gasteiger partial charge in [0.25, 0.3) is 0 Å². The molecule has 2 heterocycles. The summed E-state index contributed by atoms with van der Waals surface area (Å²) in [5.41, 5.74) is 5.90. The Hall–Kier alpha value is -2.38. The molecule has 0 aliphatic carbocycles. The summed E-state index contributed by atoms with van der Waals surface area (Å²) in [6.07, 6.45) is 0. The van der Waals surface area contributed by atoms with E-state index in [1.807, 2.05) is 29.0 Å². The van der Waals surface area contributed by atoms with Gasteiger partial charge in [-0.25, -0.2) is 14.1 Å². The van der Waals surface area contributed by atoms with Crippen molar-refractivity contribution in [2.75, 3.05) is 5.43 Å². The Bertz CT molecular complexity index is 1240. The molecule has 29 heavy (non-hydrogen) atoms. The van der Waals surface area contributed by atoms with Gasteiger partial charge in [0.2, 0.25) is 4.80 Å². The molecule has 2 aromatic heterocycles. The van der Waals surface area contributed by atoms with Crippen molar-refractivity contribution in [2.45, 2.75) is 0 Å². The summed E-state index contributed by atoms with van der Waals surface area (Å²) in [6.45, 7) is 4.12. The predicted octanol–water partition coefficient (Wildman–Crippen LogP) is 7.17. The zero-order valence-electron chi connectivity index (χ0n) is 14.9. The van der Waals surface area contributed by atoms with Crippen LogP contribution < -0.4 is 10.2 Å². The van der Waals surface area contributed by atoms with E-state index in [2.05, 4.69) is 17.0 Å². The first-order chi connectivity index (χ1) is 14.0. The van der Waals surface area contributed by atoms with Crippen LogP contribution in [0.25, 0.3) is 17.0 Å². The highest BCUT2D eigenvalue weighted by atomic mass is 35.5. The Morgan fingerprint density at radius 2 is 1.86 bits per heavy atom. The second-order valence-electron chi connectivity index (χ2n) is 6.00. The summed E-state index contributed by atoms with van der Waals surface area (Å²) in [5.74, 6) is -0.388. The van der Waals surface area contributed by atoms with Crippen LogP contribution in [0, 0.1) is 5.82 Å². The van der Waals surface area contributed by atoms with E-state index in [1.54, 1.807) is 46.3 Å². The highest BCUT2D eigenvalue weighted by Crippen LogP contribution is 2.29. The number of hydrogen-bond donors (Lipinski definition) is 1. The first-order valence-electron chi connectivity index (χ1n) is 8.48. The number of rotatable bonds is 5. The van der Waals surface area contributed by atoms with Crippen LogP contribution in [0.5, 0.6) is 0 Å². The molecule has 0 saturated heterocycles. The van der Waals surface area contributed by atoms with E-state index in [-0.39, 0.29) is 11.5 Å². The summed E-state index contributed by atoms with van der Waals surface area (Å²) in [7, 11) is 0. The quantitative estimate of drug-likeness (QED) is 0.335. The molecule has 4 rings (SSSR count). The van der Waals surface area contributed by atoms with Crippen LogP contribution in [0.2, 0.25) is 10.0 Å². The zero-order chi connectivity index (χ0) is 20.4. The lowest BCUT2D eigenvalue weighted by molar-refractivity contribution is 0.628. The Morgan fingerprint density at radius 1 is 1.03 bits per heavy atom. The SMILES string of the molecule is C=C(Nn1c(-c2ccc(Cl)c(Cl)c2)csc1=Nc1ccccc1F)c1cccs1. The van der Waals surface area contributed by atoms with E-state index in [9.17, 15) is 4.39 Å². The van der Waals surface area contributed by atoms with Crippen LogP contribution >= 0.6 is 45.9 Å². The fourth-order valence-corrected chi connectivity index (χ4v) is 4.45. The average molecular weight is 462 g/mol. The van der Waals surface area contributed by atoms with E-state index < -0.39 is 0 Å². The Balaban J connectivity index is 1.85. The Labute approximate surface area is 185 Å². The minimum atomic E-state index is -0.388. The lowest BCUT2D eigenvalue weighted by Crippen LogP contribution is -2.25. The maximum atomic E-state index is 14.2. The fraction of sp³-hybridized carbons (Fsp3) is 0. The molecule has 0 amide bonds. The van der Waals surface area contributed by atoms with Crippen molar-refractivity contribution in [1.29, 1.82) is 0 Å². The van der Waals surface area contributed by atoms with Crippen molar-refractivity contribution in [2.24, 2.45) is 4.99 Å². The predicted molar refractivity (Wildman–Crippen MR) is 122 cm³/mol. The van der Waals surface area contributed by atoms with E-state index in [0.29, 0.717) is 20.5 Å². The summed E-state index contributed by atoms with van der Waals surface area (Å²) in [4.78, 5) is 6.06. The van der Waals surface area contributed by atoms with Gasteiger partial charge in [-0.05, 0) is 35.7 Å². The number of halogens is 3. The average Bonchev–Trinajstić information content (AvgIpc) is 3.37. The maximum absolute atomic E-state index is 14.2. The number of hydrogen-bond acceptors (Lipinski definition) is 4. The topological polar surface area (TPSA) is 29.3 Å². The van der Waals surface area contributed by atoms with Gasteiger partial charge in [0.1, 0.15) is 11.5 Å². The lowest BCUT2D eigenvalue weighted by Gasteiger charge is -2.13. The third kappa shape index (κ3) is 4.31. The molecular formula is C21H14Cl2FN3S2. The molecule has 0 aliphatic rings. The second-order valence-corrected chi connectivity index (χ2v) is 8.60. The van der Waals surface area contributed by atoms with Gasteiger partial charge in [-0.3, -0.25) is 5.43 Å². The number of nitrogens with zero attached hydrogens (tertiary/aromatic N) is 2. The standard InChI is InChI=1S/C21H14Cl2FN3S2/c1-13(20-7-4-10-28-20)26-27-19(14-8-9-15(22)16(23)11-14)12-29-21(27)25-18-6-3-2-5-17(18)24/h2-12,26H,1H2. The molecule has 0 radical (unpaired) electrons. The van der Waals surface area contributed by atoms with E-state index in [0.717, 1.165) is 16.1 Å². The maximum Gasteiger partial charge on any atom is 0.209 e. The van der Waals surface area contributed by atoms with E-state index in [1.165, 1.54) is 17.4 Å². The lowest BCUT2D eigenvalue weighted by atomic mass is 10.2. The van der Waals surface area contributed by atoms with E-state index in [4.69, 9.17) is 23.2 Å². The number of para-hydroxylation sites is 1. The number of benzene rings is 2. The largest absolute Gasteiger partial charge is 0.291 e. The summed E-state index contributed by atoms with van der Waals surface area (Å²) >= 11 is 15.2. The van der Waals surface area contributed by atoms with Crippen LogP contribution in [0.4, 0.5) is 10.1 Å². The summed E-state index contributed by atoms with van der Waals surface area (Å²) < 4.78 is 15.9. The molecule has 0 spiro atoms. The number of thiazole rings is 1. The molecule has 0 aliphatic heterocycles. The Kier molecular flexibility index (Phi) is 5.87. The number of thiophene rings is 1. The normalized spacial score (nSPS) is 11.6. The van der Waals surface area contributed by atoms with Gasteiger partial charge < -0.3 is 0 Å². The van der Waals surface area contributed by atoms with Crippen molar-refractivity contribution in [3.8, 4) is 11.3 Å². The summed E-state index contributed by atoms with van der Waals surface area (Å²) in [5, 5.41) is 4.83. The van der Waals surface area contributed by atoms with Crippen molar-refractivity contribution < 1.29 is 4.39 Å². The highest BCUT2D eigenvalue weighted by Gasteiger charge is 2.12. The van der Waals surface area contributed by atoms with Gasteiger partial charge in [0.05, 0.1) is 26.3 Å². The minimum Gasteiger partial charge on any atom is -0.291 e. The molecule has 4 aromatic rings. The molecule has 8 heteroatoms. The van der Waals surface area contributed by atoms with Gasteiger partial charge in [0, 0.05) is 10.9 Å². The van der Waals surface area contributed by atoms with Crippen molar-refractivity contribution in [3.05, 3.63) is 97.5 Å². The first-order valence-corrected chi connectivity index (χ1v) is 11.0. The van der Waals surface area contributed by atoms with Gasteiger partial charge in [0.15, 0.2) is 0 Å². The smallest absolute Gasteiger partial charge is 0.209 e. The monoisotopic (exact) mass is 461 g/mol. The molecule has 0 saturated carbocycles.